The van der Waals surface area contributed by atoms with Gasteiger partial charge in [-0.15, -0.1) is 0 Å². The van der Waals surface area contributed by atoms with Crippen LogP contribution >= 0.6 is 0 Å². The van der Waals surface area contributed by atoms with Crippen molar-refractivity contribution in [3.63, 3.8) is 0 Å². The molecular weight excluding hydrogens is 302 g/mol. The number of nitrogens with zero attached hydrogens (tertiary/aromatic N) is 2. The molecule has 0 unspecified atom stereocenters. The largest absolute Gasteiger partial charge is 0.277 e. The summed E-state index contributed by atoms with van der Waals surface area (Å²) in [5, 5.41) is 3.08. The Labute approximate surface area is 120 Å². The van der Waals surface area contributed by atoms with E-state index in [1.165, 1.54) is 13.8 Å². The van der Waals surface area contributed by atoms with Crippen LogP contribution in [0.1, 0.15) is 13.8 Å². The molecule has 0 aliphatic heterocycles. The van der Waals surface area contributed by atoms with Gasteiger partial charge in [0.25, 0.3) is 5.56 Å². The number of hydrogen-bond acceptors (Lipinski definition) is 4. The number of hydrogen-bond donors (Lipinski definition) is 0. The van der Waals surface area contributed by atoms with Crippen LogP contribution in [0.2, 0.25) is 0 Å². The molecule has 21 heavy (non-hydrogen) atoms. The summed E-state index contributed by atoms with van der Waals surface area (Å²) in [6.07, 6.45) is 2.06. The van der Waals surface area contributed by atoms with Gasteiger partial charge in [0, 0.05) is 11.6 Å². The number of sulfone groups is 1. The molecule has 0 aliphatic carbocycles. The first-order valence-electron chi connectivity index (χ1n) is 6.08. The van der Waals surface area contributed by atoms with Crippen LogP contribution in [0, 0.1) is 11.6 Å². The molecule has 0 radical (unpaired) electrons. The molecule has 0 aliphatic rings. The molecule has 0 atom stereocenters. The van der Waals surface area contributed by atoms with Crippen molar-refractivity contribution in [3.8, 4) is 0 Å². The SMILES string of the molecule is CC(C)(Cn1ncc2c(F)ccc(F)c2c1=O)S(C)(=O)=O. The lowest BCUT2D eigenvalue weighted by Gasteiger charge is -2.22. The first-order valence-corrected chi connectivity index (χ1v) is 7.97. The molecule has 5 nitrogen and oxygen atoms in total. The number of rotatable bonds is 3. The number of fused-ring (bicyclic) bond motifs is 1. The predicted octanol–water partition coefficient (Wildman–Crippen LogP) is 1.50. The summed E-state index contributed by atoms with van der Waals surface area (Å²) in [5.41, 5.74) is -0.860. The Balaban J connectivity index is 2.67. The van der Waals surface area contributed by atoms with Gasteiger partial charge in [-0.25, -0.2) is 21.9 Å². The van der Waals surface area contributed by atoms with Gasteiger partial charge in [-0.2, -0.15) is 5.10 Å². The maximum atomic E-state index is 13.7. The molecule has 114 valence electrons. The highest BCUT2D eigenvalue weighted by atomic mass is 32.2. The Morgan fingerprint density at radius 2 is 1.81 bits per heavy atom. The van der Waals surface area contributed by atoms with Crippen molar-refractivity contribution in [2.45, 2.75) is 25.1 Å². The molecule has 1 heterocycles. The van der Waals surface area contributed by atoms with E-state index < -0.39 is 37.2 Å². The second kappa shape index (κ2) is 4.87. The number of benzene rings is 1. The maximum absolute atomic E-state index is 13.7. The van der Waals surface area contributed by atoms with Crippen molar-refractivity contribution in [1.29, 1.82) is 0 Å². The van der Waals surface area contributed by atoms with Gasteiger partial charge in [0.15, 0.2) is 9.84 Å². The first kappa shape index (κ1) is 15.6. The highest BCUT2D eigenvalue weighted by Gasteiger charge is 2.31. The molecule has 0 saturated carbocycles. The van der Waals surface area contributed by atoms with Crippen LogP contribution < -0.4 is 5.56 Å². The van der Waals surface area contributed by atoms with Gasteiger partial charge < -0.3 is 0 Å². The molecule has 0 amide bonds. The van der Waals surface area contributed by atoms with Crippen LogP contribution in [-0.2, 0) is 16.4 Å². The fourth-order valence-electron chi connectivity index (χ4n) is 1.81. The van der Waals surface area contributed by atoms with E-state index in [1.807, 2.05) is 0 Å². The molecule has 0 spiro atoms. The van der Waals surface area contributed by atoms with Crippen LogP contribution in [0.15, 0.2) is 23.1 Å². The number of halogens is 2. The smallest absolute Gasteiger partial charge is 0.267 e. The van der Waals surface area contributed by atoms with Gasteiger partial charge in [-0.3, -0.25) is 4.79 Å². The zero-order valence-corrected chi connectivity index (χ0v) is 12.5. The van der Waals surface area contributed by atoms with Crippen molar-refractivity contribution in [3.05, 3.63) is 40.3 Å². The third kappa shape index (κ3) is 2.67. The highest BCUT2D eigenvalue weighted by molar-refractivity contribution is 7.92. The highest BCUT2D eigenvalue weighted by Crippen LogP contribution is 2.19. The zero-order valence-electron chi connectivity index (χ0n) is 11.7. The summed E-state index contributed by atoms with van der Waals surface area (Å²) >= 11 is 0. The predicted molar refractivity (Wildman–Crippen MR) is 74.8 cm³/mol. The van der Waals surface area contributed by atoms with Gasteiger partial charge in [0.05, 0.1) is 22.9 Å². The van der Waals surface area contributed by atoms with E-state index in [-0.39, 0.29) is 11.9 Å². The third-order valence-electron chi connectivity index (χ3n) is 3.45. The van der Waals surface area contributed by atoms with Crippen LogP contribution in [0.5, 0.6) is 0 Å². The standard InChI is InChI=1S/C13H14F2N2O3S/c1-13(2,21(3,19)20)7-17-12(18)11-8(6-16-17)9(14)4-5-10(11)15/h4-6H,7H2,1-3H3. The summed E-state index contributed by atoms with van der Waals surface area (Å²) in [6, 6.07) is 1.76. The van der Waals surface area contributed by atoms with Crippen molar-refractivity contribution in [2.75, 3.05) is 6.26 Å². The number of aromatic nitrogens is 2. The lowest BCUT2D eigenvalue weighted by atomic mass is 10.1. The summed E-state index contributed by atoms with van der Waals surface area (Å²) in [5.74, 6) is -1.63. The van der Waals surface area contributed by atoms with Gasteiger partial charge >= 0.3 is 0 Å². The minimum absolute atomic E-state index is 0.228. The molecule has 0 N–H and O–H groups in total. The van der Waals surface area contributed by atoms with E-state index in [2.05, 4.69) is 5.10 Å². The third-order valence-corrected chi connectivity index (χ3v) is 5.59. The Hall–Kier alpha value is -1.83. The summed E-state index contributed by atoms with van der Waals surface area (Å²) in [4.78, 5) is 12.2. The molecular formula is C13H14F2N2O3S. The topological polar surface area (TPSA) is 69.0 Å². The normalized spacial score (nSPS) is 12.8. The van der Waals surface area contributed by atoms with Crippen LogP contribution in [0.3, 0.4) is 0 Å². The second-order valence-corrected chi connectivity index (χ2v) is 8.11. The van der Waals surface area contributed by atoms with E-state index in [0.29, 0.717) is 0 Å². The van der Waals surface area contributed by atoms with Gasteiger partial charge in [-0.1, -0.05) is 0 Å². The monoisotopic (exact) mass is 316 g/mol. The average Bonchev–Trinajstić information content (AvgIpc) is 2.35. The van der Waals surface area contributed by atoms with E-state index in [1.54, 1.807) is 0 Å². The van der Waals surface area contributed by atoms with Crippen LogP contribution in [-0.4, -0.2) is 29.2 Å². The van der Waals surface area contributed by atoms with Crippen molar-refractivity contribution in [1.82, 2.24) is 9.78 Å². The quantitative estimate of drug-likeness (QED) is 0.860. The molecule has 0 fully saturated rings. The van der Waals surface area contributed by atoms with Crippen LogP contribution in [0.25, 0.3) is 10.8 Å². The minimum Gasteiger partial charge on any atom is -0.267 e. The summed E-state index contributed by atoms with van der Waals surface area (Å²) < 4.78 is 50.2. The summed E-state index contributed by atoms with van der Waals surface area (Å²) in [6.45, 7) is 2.61. The Morgan fingerprint density at radius 3 is 2.38 bits per heavy atom. The molecule has 1 aromatic heterocycles. The minimum atomic E-state index is -3.46. The molecule has 2 rings (SSSR count). The Kier molecular flexibility index (Phi) is 3.61. The Bertz CT molecular complexity index is 873. The fourth-order valence-corrected chi connectivity index (χ4v) is 2.17. The van der Waals surface area contributed by atoms with Gasteiger partial charge in [0.1, 0.15) is 11.6 Å². The lowest BCUT2D eigenvalue weighted by molar-refractivity contribution is 0.463. The molecule has 0 saturated heterocycles. The Morgan fingerprint density at radius 1 is 1.24 bits per heavy atom. The summed E-state index contributed by atoms with van der Waals surface area (Å²) in [7, 11) is -3.46. The fraction of sp³-hybridized carbons (Fsp3) is 0.385. The zero-order chi connectivity index (χ0) is 16.0. The molecule has 8 heteroatoms. The van der Waals surface area contributed by atoms with Gasteiger partial charge in [0.2, 0.25) is 0 Å². The second-order valence-electron chi connectivity index (χ2n) is 5.46. The van der Waals surface area contributed by atoms with E-state index in [4.69, 9.17) is 0 Å². The van der Waals surface area contributed by atoms with Crippen molar-refractivity contribution in [2.24, 2.45) is 0 Å². The van der Waals surface area contributed by atoms with E-state index in [0.717, 1.165) is 29.3 Å². The van der Waals surface area contributed by atoms with Crippen molar-refractivity contribution < 1.29 is 17.2 Å². The molecule has 0 bridgehead atoms. The molecule has 2 aromatic rings. The van der Waals surface area contributed by atoms with Gasteiger partial charge in [-0.05, 0) is 26.0 Å². The maximum Gasteiger partial charge on any atom is 0.277 e. The lowest BCUT2D eigenvalue weighted by Crippen LogP contribution is -2.40. The first-order chi connectivity index (χ1) is 9.54. The van der Waals surface area contributed by atoms with E-state index in [9.17, 15) is 22.0 Å². The van der Waals surface area contributed by atoms with Crippen LogP contribution in [0.4, 0.5) is 8.78 Å². The average molecular weight is 316 g/mol. The van der Waals surface area contributed by atoms with Crippen molar-refractivity contribution >= 4 is 20.6 Å². The van der Waals surface area contributed by atoms with E-state index >= 15 is 0 Å². The molecule has 1 aromatic carbocycles.